The minimum Gasteiger partial charge on any atom is -0.469 e. The summed E-state index contributed by atoms with van der Waals surface area (Å²) in [5.74, 6) is -5.79. The molecule has 52 heavy (non-hydrogen) atoms. The lowest BCUT2D eigenvalue weighted by Gasteiger charge is -2.33. The molecular formula is C38H64N4O10. The Bertz CT molecular complexity index is 1290. The van der Waals surface area contributed by atoms with Gasteiger partial charge in [-0.25, -0.2) is 0 Å². The second-order valence-corrected chi connectivity index (χ2v) is 15.9. The molecule has 1 aliphatic rings. The Hall–Kier alpha value is -3.65. The molecule has 0 saturated heterocycles. The van der Waals surface area contributed by atoms with Crippen LogP contribution in [0.25, 0.3) is 0 Å². The van der Waals surface area contributed by atoms with Gasteiger partial charge >= 0.3 is 5.97 Å². The predicted molar refractivity (Wildman–Crippen MR) is 196 cm³/mol. The molecule has 5 atom stereocenters. The maximum Gasteiger partial charge on any atom is 0.309 e. The van der Waals surface area contributed by atoms with Crippen LogP contribution in [0.1, 0.15) is 95.4 Å². The highest BCUT2D eigenvalue weighted by atomic mass is 16.5. The van der Waals surface area contributed by atoms with E-state index in [0.29, 0.717) is 6.42 Å². The van der Waals surface area contributed by atoms with E-state index in [1.165, 1.54) is 34.8 Å². The van der Waals surface area contributed by atoms with Crippen molar-refractivity contribution in [3.05, 3.63) is 12.2 Å². The van der Waals surface area contributed by atoms with Gasteiger partial charge in [0.15, 0.2) is 11.6 Å². The average molecular weight is 737 g/mol. The van der Waals surface area contributed by atoms with Gasteiger partial charge in [-0.05, 0) is 51.9 Å². The number of esters is 1. The molecular weight excluding hydrogens is 672 g/mol. The van der Waals surface area contributed by atoms with Crippen molar-refractivity contribution in [3.8, 4) is 0 Å². The van der Waals surface area contributed by atoms with E-state index in [-0.39, 0.29) is 74.6 Å². The summed E-state index contributed by atoms with van der Waals surface area (Å²) in [5, 5.41) is 10.9. The van der Waals surface area contributed by atoms with E-state index in [4.69, 9.17) is 14.2 Å². The zero-order valence-corrected chi connectivity index (χ0v) is 33.3. The molecule has 14 nitrogen and oxygen atoms in total. The predicted octanol–water partition coefficient (Wildman–Crippen LogP) is 2.67. The molecule has 0 fully saturated rings. The van der Waals surface area contributed by atoms with Gasteiger partial charge in [0, 0.05) is 18.8 Å². The monoisotopic (exact) mass is 736 g/mol. The summed E-state index contributed by atoms with van der Waals surface area (Å²) in [4.78, 5) is 93.1. The zero-order chi connectivity index (χ0) is 40.0. The number of hydrogen-bond donors (Lipinski definition) is 4. The lowest BCUT2D eigenvalue weighted by molar-refractivity contribution is -0.148. The van der Waals surface area contributed by atoms with Crippen molar-refractivity contribution in [2.45, 2.75) is 119 Å². The highest BCUT2D eigenvalue weighted by Gasteiger charge is 2.40. The van der Waals surface area contributed by atoms with Gasteiger partial charge in [-0.3, -0.25) is 33.6 Å². The molecule has 1 rings (SSSR count). The molecule has 0 aromatic rings. The topological polar surface area (TPSA) is 195 Å². The van der Waals surface area contributed by atoms with Crippen LogP contribution in [0.3, 0.4) is 0 Å². The number of ketones is 2. The van der Waals surface area contributed by atoms with Crippen molar-refractivity contribution in [1.82, 2.24) is 21.3 Å². The number of nitrogens with one attached hydrogen (secondary N) is 4. The third-order valence-corrected chi connectivity index (χ3v) is 9.22. The standard InChI is InChI=1S/C38H64N4O10/c1-22(2)17-26(35(48)50-12)18-29(43)31(24(5)6)40-33(46)27-19-30(44)37(8,9)42-36(49)38(10,11)41-34(47)28(39-32(45)25(7)23(3)4)21-52-16-14-13-15-51-20-27/h13-14,22-28,31H,15-21H2,1-12H3,(H,39,45)(H,40,46)(H,41,47)(H,42,49)/t25-,26+,27-,28-,31?/m0/s1. The van der Waals surface area contributed by atoms with E-state index in [9.17, 15) is 33.6 Å². The van der Waals surface area contributed by atoms with Gasteiger partial charge in [0.05, 0.1) is 57.0 Å². The van der Waals surface area contributed by atoms with Crippen LogP contribution < -0.4 is 21.3 Å². The van der Waals surface area contributed by atoms with Gasteiger partial charge in [0.25, 0.3) is 0 Å². The molecule has 0 radical (unpaired) electrons. The van der Waals surface area contributed by atoms with Crippen LogP contribution in [0, 0.1) is 35.5 Å². The second-order valence-electron chi connectivity index (χ2n) is 15.9. The van der Waals surface area contributed by atoms with Gasteiger partial charge in [-0.2, -0.15) is 0 Å². The Balaban J connectivity index is 3.31. The molecule has 4 amide bonds. The first-order valence-electron chi connectivity index (χ1n) is 18.2. The lowest BCUT2D eigenvalue weighted by Crippen LogP contribution is -2.64. The van der Waals surface area contributed by atoms with Crippen LogP contribution in [0.4, 0.5) is 0 Å². The van der Waals surface area contributed by atoms with Crippen molar-refractivity contribution in [1.29, 1.82) is 0 Å². The number of amides is 4. The number of Topliss-reactive ketones (excluding diaryl/α,β-unsaturated/α-hetero) is 2. The molecule has 0 aliphatic carbocycles. The fourth-order valence-electron chi connectivity index (χ4n) is 5.38. The van der Waals surface area contributed by atoms with Crippen LogP contribution in [0.5, 0.6) is 0 Å². The number of carbonyl (C=O) groups is 7. The fourth-order valence-corrected chi connectivity index (χ4v) is 5.38. The van der Waals surface area contributed by atoms with Gasteiger partial charge in [0.1, 0.15) is 11.6 Å². The first-order chi connectivity index (χ1) is 24.0. The van der Waals surface area contributed by atoms with E-state index in [0.717, 1.165) is 0 Å². The van der Waals surface area contributed by atoms with Gasteiger partial charge in [-0.1, -0.05) is 60.6 Å². The summed E-state index contributed by atoms with van der Waals surface area (Å²) in [6.45, 7) is 18.7. The quantitative estimate of drug-likeness (QED) is 0.171. The third kappa shape index (κ3) is 15.1. The summed E-state index contributed by atoms with van der Waals surface area (Å²) in [7, 11) is 1.27. The smallest absolute Gasteiger partial charge is 0.309 e. The van der Waals surface area contributed by atoms with Crippen molar-refractivity contribution >= 4 is 41.2 Å². The molecule has 0 aromatic heterocycles. The molecule has 0 bridgehead atoms. The van der Waals surface area contributed by atoms with Crippen LogP contribution in [-0.4, -0.2) is 97.9 Å². The van der Waals surface area contributed by atoms with E-state index < -0.39 is 64.5 Å². The molecule has 1 heterocycles. The number of rotatable bonds is 12. The van der Waals surface area contributed by atoms with Gasteiger partial charge < -0.3 is 35.5 Å². The third-order valence-electron chi connectivity index (χ3n) is 9.22. The molecule has 296 valence electrons. The molecule has 14 heteroatoms. The Morgan fingerprint density at radius 1 is 0.865 bits per heavy atom. The SMILES string of the molecule is COC(=O)[C@@H](CC(=O)C(NC(=O)[C@@H]1COCC=CCOC[C@H](NC(=O)[C@@H](C)C(C)C)C(=O)NC(C)(C)C(=O)NC(C)(C)C(=O)C1)C(C)C)CC(C)C. The highest BCUT2D eigenvalue weighted by molar-refractivity contribution is 5.99. The summed E-state index contributed by atoms with van der Waals surface area (Å²) >= 11 is 0. The maximum absolute atomic E-state index is 13.8. The van der Waals surface area contributed by atoms with E-state index in [2.05, 4.69) is 21.3 Å². The summed E-state index contributed by atoms with van der Waals surface area (Å²) in [6, 6.07) is -2.03. The molecule has 1 aliphatic heterocycles. The van der Waals surface area contributed by atoms with E-state index in [1.54, 1.807) is 32.9 Å². The Kier molecular flexibility index (Phi) is 18.9. The Morgan fingerprint density at radius 2 is 1.44 bits per heavy atom. The first-order valence-corrected chi connectivity index (χ1v) is 18.2. The molecule has 0 saturated carbocycles. The van der Waals surface area contributed by atoms with Crippen LogP contribution in [0.2, 0.25) is 0 Å². The maximum atomic E-state index is 13.8. The Labute approximate surface area is 309 Å². The van der Waals surface area contributed by atoms with Crippen molar-refractivity contribution < 1.29 is 47.8 Å². The normalized spacial score (nSPS) is 22.3. The minimum absolute atomic E-state index is 0.0262. The molecule has 1 unspecified atom stereocenters. The molecule has 0 aromatic carbocycles. The zero-order valence-electron chi connectivity index (χ0n) is 33.3. The average Bonchev–Trinajstić information content (AvgIpc) is 3.04. The molecule has 0 spiro atoms. The van der Waals surface area contributed by atoms with Crippen molar-refractivity contribution in [3.63, 3.8) is 0 Å². The fraction of sp³-hybridized carbons (Fsp3) is 0.763. The van der Waals surface area contributed by atoms with E-state index in [1.807, 2.05) is 27.7 Å². The minimum atomic E-state index is -1.52. The number of hydrogen-bond acceptors (Lipinski definition) is 10. The van der Waals surface area contributed by atoms with Crippen LogP contribution in [0.15, 0.2) is 12.2 Å². The highest BCUT2D eigenvalue weighted by Crippen LogP contribution is 2.21. The van der Waals surface area contributed by atoms with Crippen molar-refractivity contribution in [2.24, 2.45) is 35.5 Å². The number of ether oxygens (including phenoxy) is 3. The number of carbonyl (C=O) groups excluding carboxylic acids is 7. The van der Waals surface area contributed by atoms with Gasteiger partial charge in [0.2, 0.25) is 23.6 Å². The summed E-state index contributed by atoms with van der Waals surface area (Å²) in [5.41, 5.74) is -3.00. The number of methoxy groups -OCH3 is 1. The van der Waals surface area contributed by atoms with Crippen LogP contribution >= 0.6 is 0 Å². The summed E-state index contributed by atoms with van der Waals surface area (Å²) < 4.78 is 16.4. The largest absolute Gasteiger partial charge is 0.469 e. The Morgan fingerprint density at radius 3 is 1.96 bits per heavy atom. The van der Waals surface area contributed by atoms with Gasteiger partial charge in [-0.15, -0.1) is 0 Å². The van der Waals surface area contributed by atoms with Crippen molar-refractivity contribution in [2.75, 3.05) is 33.5 Å². The lowest BCUT2D eigenvalue weighted by atomic mass is 9.87. The van der Waals surface area contributed by atoms with Crippen LogP contribution in [-0.2, 0) is 47.8 Å². The van der Waals surface area contributed by atoms with E-state index >= 15 is 0 Å². The molecule has 4 N–H and O–H groups in total. The summed E-state index contributed by atoms with van der Waals surface area (Å²) in [6.07, 6.45) is 3.30. The second kappa shape index (κ2) is 21.2. The first kappa shape index (κ1) is 46.4.